The average molecular weight is 576 g/mol. The van der Waals surface area contributed by atoms with E-state index >= 15 is 0 Å². The lowest BCUT2D eigenvalue weighted by atomic mass is 9.96. The lowest BCUT2D eigenvalue weighted by molar-refractivity contribution is -0.198. The molecule has 5 heteroatoms. The van der Waals surface area contributed by atoms with Crippen LogP contribution in [0.15, 0.2) is 152 Å². The van der Waals surface area contributed by atoms with Gasteiger partial charge in [-0.15, -0.1) is 0 Å². The molecule has 1 atom stereocenters. The molecule has 5 aromatic carbocycles. The van der Waals surface area contributed by atoms with Crippen LogP contribution >= 0.6 is 0 Å². The van der Waals surface area contributed by atoms with Crippen molar-refractivity contribution in [3.63, 3.8) is 0 Å². The van der Waals surface area contributed by atoms with E-state index < -0.39 is 23.6 Å². The lowest BCUT2D eigenvalue weighted by Crippen LogP contribution is -2.53. The van der Waals surface area contributed by atoms with Gasteiger partial charge >= 0.3 is 0 Å². The zero-order chi connectivity index (χ0) is 30.1. The van der Waals surface area contributed by atoms with Gasteiger partial charge in [-0.3, -0.25) is 14.5 Å². The average Bonchev–Trinajstić information content (AvgIpc) is 3.25. The van der Waals surface area contributed by atoms with Gasteiger partial charge in [0.15, 0.2) is 0 Å². The van der Waals surface area contributed by atoms with E-state index in [9.17, 15) is 9.59 Å². The number of hydrogen-bond acceptors (Lipinski definition) is 4. The van der Waals surface area contributed by atoms with Crippen LogP contribution in [0.2, 0.25) is 0 Å². The molecule has 0 saturated heterocycles. The van der Waals surface area contributed by atoms with Crippen molar-refractivity contribution in [3.8, 4) is 0 Å². The lowest BCUT2D eigenvalue weighted by Gasteiger charge is -2.40. The summed E-state index contributed by atoms with van der Waals surface area (Å²) in [7, 11) is 0. The molecule has 2 bridgehead atoms. The fourth-order valence-corrected chi connectivity index (χ4v) is 5.98. The standard InChI is InChI=1S/C39H29NO4/c1-27-39(32-25-15-6-16-26-32)43-35(30-21-11-4-12-22-30)33(28-17-7-2-8-18-28)37(41)40(27)38(42)34(29-19-9-3-10-20-29)36(44-39)31-23-13-5-14-24-31/h2-27H,1H3/t27-/m1/s1. The molecule has 44 heavy (non-hydrogen) atoms. The van der Waals surface area contributed by atoms with Crippen LogP contribution in [0.1, 0.15) is 34.7 Å². The largest absolute Gasteiger partial charge is 0.445 e. The summed E-state index contributed by atoms with van der Waals surface area (Å²) in [6.07, 6.45) is 0. The molecule has 0 fully saturated rings. The van der Waals surface area contributed by atoms with Crippen molar-refractivity contribution in [2.24, 2.45) is 0 Å². The first-order valence-corrected chi connectivity index (χ1v) is 14.6. The Morgan fingerprint density at radius 1 is 0.477 bits per heavy atom. The number of nitrogens with zero attached hydrogens (tertiary/aromatic N) is 1. The number of carbonyl (C=O) groups excluding carboxylic acids is 2. The van der Waals surface area contributed by atoms with Gasteiger partial charge in [-0.1, -0.05) is 152 Å². The first-order valence-electron chi connectivity index (χ1n) is 14.6. The van der Waals surface area contributed by atoms with Gasteiger partial charge in [0.25, 0.3) is 17.6 Å². The van der Waals surface area contributed by atoms with Gasteiger partial charge < -0.3 is 9.47 Å². The third-order valence-corrected chi connectivity index (χ3v) is 8.14. The second kappa shape index (κ2) is 11.2. The molecule has 2 aliphatic heterocycles. The van der Waals surface area contributed by atoms with E-state index in [1.54, 1.807) is 0 Å². The fourth-order valence-electron chi connectivity index (χ4n) is 5.98. The van der Waals surface area contributed by atoms with Gasteiger partial charge in [0.1, 0.15) is 17.6 Å². The summed E-state index contributed by atoms with van der Waals surface area (Å²) in [4.78, 5) is 31.3. The molecule has 0 spiro atoms. The molecule has 5 nitrogen and oxygen atoms in total. The van der Waals surface area contributed by atoms with Crippen molar-refractivity contribution in [1.82, 2.24) is 4.90 Å². The summed E-state index contributed by atoms with van der Waals surface area (Å²) >= 11 is 0. The highest BCUT2D eigenvalue weighted by Crippen LogP contribution is 2.50. The molecule has 2 amide bonds. The van der Waals surface area contributed by atoms with Gasteiger partial charge in [-0.25, -0.2) is 0 Å². The molecule has 5 aromatic rings. The third-order valence-electron chi connectivity index (χ3n) is 8.14. The van der Waals surface area contributed by atoms with Crippen LogP contribution in [-0.2, 0) is 24.8 Å². The Morgan fingerprint density at radius 2 is 0.795 bits per heavy atom. The molecule has 2 aliphatic rings. The predicted octanol–water partition coefficient (Wildman–Crippen LogP) is 7.78. The molecular weight excluding hydrogens is 546 g/mol. The van der Waals surface area contributed by atoms with Crippen LogP contribution in [0.3, 0.4) is 0 Å². The number of amides is 2. The summed E-state index contributed by atoms with van der Waals surface area (Å²) in [5.74, 6) is -1.85. The number of benzene rings is 5. The molecule has 2 heterocycles. The highest BCUT2D eigenvalue weighted by atomic mass is 16.7. The van der Waals surface area contributed by atoms with Crippen molar-refractivity contribution >= 4 is 34.5 Å². The van der Waals surface area contributed by atoms with Gasteiger partial charge in [0.05, 0.1) is 11.1 Å². The molecule has 0 N–H and O–H groups in total. The minimum atomic E-state index is -1.60. The SMILES string of the molecule is C[C@H]1N2C(=O)C(c3ccccc3)=C(c3ccccc3)OC1(c1ccccc1)OC(c1ccccc1)=C(c1ccccc1)C2=O. The van der Waals surface area contributed by atoms with E-state index in [0.717, 1.165) is 0 Å². The monoisotopic (exact) mass is 575 g/mol. The molecule has 0 aromatic heterocycles. The summed E-state index contributed by atoms with van der Waals surface area (Å²) in [6.45, 7) is 1.82. The molecule has 0 unspecified atom stereocenters. The number of fused-ring (bicyclic) bond motifs is 2. The normalized spacial score (nSPS) is 20.0. The molecule has 214 valence electrons. The van der Waals surface area contributed by atoms with Gasteiger partial charge in [-0.05, 0) is 18.1 Å². The molecule has 0 radical (unpaired) electrons. The van der Waals surface area contributed by atoms with E-state index in [2.05, 4.69) is 0 Å². The van der Waals surface area contributed by atoms with Crippen LogP contribution < -0.4 is 0 Å². The Hall–Kier alpha value is -5.68. The van der Waals surface area contributed by atoms with E-state index in [4.69, 9.17) is 9.47 Å². The zero-order valence-corrected chi connectivity index (χ0v) is 24.1. The molecule has 0 aliphatic carbocycles. The van der Waals surface area contributed by atoms with Crippen molar-refractivity contribution in [3.05, 3.63) is 179 Å². The van der Waals surface area contributed by atoms with Gasteiger partial charge in [-0.2, -0.15) is 0 Å². The first-order chi connectivity index (χ1) is 21.6. The Labute approximate surface area is 256 Å². The maximum Gasteiger partial charge on any atom is 0.298 e. The number of ether oxygens (including phenoxy) is 2. The van der Waals surface area contributed by atoms with E-state index in [0.29, 0.717) is 39.3 Å². The van der Waals surface area contributed by atoms with Crippen molar-refractivity contribution < 1.29 is 19.1 Å². The Morgan fingerprint density at radius 3 is 1.16 bits per heavy atom. The summed E-state index contributed by atoms with van der Waals surface area (Å²) in [5, 5.41) is 0. The highest BCUT2D eigenvalue weighted by Gasteiger charge is 2.56. The maximum absolute atomic E-state index is 15.0. The quantitative estimate of drug-likeness (QED) is 0.201. The van der Waals surface area contributed by atoms with Crippen LogP contribution in [0, 0.1) is 0 Å². The Kier molecular flexibility index (Phi) is 6.91. The molecule has 7 rings (SSSR count). The smallest absolute Gasteiger partial charge is 0.298 e. The Balaban J connectivity index is 1.59. The predicted molar refractivity (Wildman–Crippen MR) is 171 cm³/mol. The van der Waals surface area contributed by atoms with Gasteiger partial charge in [0.2, 0.25) is 0 Å². The minimum absolute atomic E-state index is 0.286. The van der Waals surface area contributed by atoms with Crippen LogP contribution in [0.4, 0.5) is 0 Å². The molecular formula is C39H29NO4. The van der Waals surface area contributed by atoms with Crippen LogP contribution in [0.25, 0.3) is 22.7 Å². The van der Waals surface area contributed by atoms with E-state index in [1.165, 1.54) is 4.90 Å². The first kappa shape index (κ1) is 27.2. The Bertz CT molecular complexity index is 1770. The topological polar surface area (TPSA) is 55.8 Å². The molecule has 0 saturated carbocycles. The second-order valence-corrected chi connectivity index (χ2v) is 10.8. The van der Waals surface area contributed by atoms with Crippen molar-refractivity contribution in [1.29, 1.82) is 0 Å². The third kappa shape index (κ3) is 4.50. The minimum Gasteiger partial charge on any atom is -0.445 e. The van der Waals surface area contributed by atoms with Crippen LogP contribution in [-0.4, -0.2) is 22.8 Å². The summed E-state index contributed by atoms with van der Waals surface area (Å²) in [6, 6.07) is 46.4. The number of hydrogen-bond donors (Lipinski definition) is 0. The van der Waals surface area contributed by atoms with Crippen LogP contribution in [0.5, 0.6) is 0 Å². The summed E-state index contributed by atoms with van der Waals surface area (Å²) in [5.41, 5.74) is 3.91. The van der Waals surface area contributed by atoms with Crippen molar-refractivity contribution in [2.45, 2.75) is 18.8 Å². The fraction of sp³-hybridized carbons (Fsp3) is 0.0769. The zero-order valence-electron chi connectivity index (χ0n) is 24.1. The van der Waals surface area contributed by atoms with E-state index in [-0.39, 0.29) is 11.1 Å². The van der Waals surface area contributed by atoms with Gasteiger partial charge in [0, 0.05) is 16.7 Å². The van der Waals surface area contributed by atoms with E-state index in [1.807, 2.05) is 159 Å². The maximum atomic E-state index is 15.0. The van der Waals surface area contributed by atoms with Crippen molar-refractivity contribution in [2.75, 3.05) is 0 Å². The second-order valence-electron chi connectivity index (χ2n) is 10.8. The highest BCUT2D eigenvalue weighted by molar-refractivity contribution is 6.37. The number of carbonyl (C=O) groups is 2. The number of rotatable bonds is 5. The number of imide groups is 1. The summed E-state index contributed by atoms with van der Waals surface area (Å²) < 4.78 is 14.3.